The molecule has 1 fully saturated rings. The lowest BCUT2D eigenvalue weighted by molar-refractivity contribution is -0.127. The molecule has 0 spiro atoms. The fourth-order valence-corrected chi connectivity index (χ4v) is 3.84. The van der Waals surface area contributed by atoms with Crippen molar-refractivity contribution >= 4 is 63.8 Å². The molecule has 0 radical (unpaired) electrons. The van der Waals surface area contributed by atoms with Crippen LogP contribution in [0.1, 0.15) is 12.5 Å². The zero-order chi connectivity index (χ0) is 22.5. The maximum atomic E-state index is 12.6. The van der Waals surface area contributed by atoms with Crippen LogP contribution in [0.3, 0.4) is 0 Å². The van der Waals surface area contributed by atoms with Gasteiger partial charge in [-0.25, -0.2) is 0 Å². The molecule has 160 valence electrons. The van der Waals surface area contributed by atoms with E-state index in [0.717, 1.165) is 16.7 Å². The monoisotopic (exact) mass is 459 g/mol. The molecule has 1 saturated heterocycles. The summed E-state index contributed by atoms with van der Waals surface area (Å²) in [4.78, 5) is 49.3. The number of carbonyl (C=O) groups excluding carboxylic acids is 4. The van der Waals surface area contributed by atoms with Gasteiger partial charge in [-0.05, 0) is 53.7 Å². The Bertz CT molecular complexity index is 1080. The van der Waals surface area contributed by atoms with Crippen molar-refractivity contribution in [3.8, 4) is 5.75 Å². The molecule has 0 saturated carbocycles. The molecule has 1 aliphatic rings. The van der Waals surface area contributed by atoms with Gasteiger partial charge in [0.15, 0.2) is 0 Å². The van der Waals surface area contributed by atoms with Gasteiger partial charge in [-0.2, -0.15) is 0 Å². The van der Waals surface area contributed by atoms with Crippen LogP contribution < -0.4 is 15.4 Å². The number of nitrogens with one attached hydrogen (secondary N) is 2. The lowest BCUT2D eigenvalue weighted by Crippen LogP contribution is -2.36. The number of methoxy groups -OCH3 is 1. The van der Waals surface area contributed by atoms with Crippen molar-refractivity contribution in [2.24, 2.45) is 0 Å². The first-order valence-corrected chi connectivity index (χ1v) is 10.2. The van der Waals surface area contributed by atoms with Crippen LogP contribution in [0.2, 0.25) is 5.02 Å². The van der Waals surface area contributed by atoms with Crippen LogP contribution in [0.25, 0.3) is 6.08 Å². The first kappa shape index (κ1) is 22.4. The number of thioether (sulfide) groups is 1. The van der Waals surface area contributed by atoms with Gasteiger partial charge in [-0.15, -0.1) is 0 Å². The summed E-state index contributed by atoms with van der Waals surface area (Å²) in [5.41, 5.74) is 1.71. The Kier molecular flexibility index (Phi) is 6.98. The van der Waals surface area contributed by atoms with Gasteiger partial charge in [0.2, 0.25) is 11.8 Å². The summed E-state index contributed by atoms with van der Waals surface area (Å²) in [6.07, 6.45) is 1.56. The number of carbonyl (C=O) groups is 4. The normalized spacial score (nSPS) is 14.7. The number of imide groups is 1. The lowest BCUT2D eigenvalue weighted by atomic mass is 10.2. The van der Waals surface area contributed by atoms with E-state index in [1.165, 1.54) is 20.1 Å². The average molecular weight is 460 g/mol. The van der Waals surface area contributed by atoms with Crippen molar-refractivity contribution in [1.29, 1.82) is 0 Å². The number of rotatable bonds is 6. The van der Waals surface area contributed by atoms with Crippen molar-refractivity contribution < 1.29 is 23.9 Å². The molecular weight excluding hydrogens is 442 g/mol. The zero-order valence-corrected chi connectivity index (χ0v) is 18.2. The predicted molar refractivity (Wildman–Crippen MR) is 120 cm³/mol. The van der Waals surface area contributed by atoms with Crippen LogP contribution in [0.4, 0.5) is 16.2 Å². The van der Waals surface area contributed by atoms with E-state index in [9.17, 15) is 19.2 Å². The van der Waals surface area contributed by atoms with Gasteiger partial charge >= 0.3 is 0 Å². The van der Waals surface area contributed by atoms with Gasteiger partial charge in [0.25, 0.3) is 11.1 Å². The fraction of sp³-hybridized carbons (Fsp3) is 0.143. The van der Waals surface area contributed by atoms with E-state index < -0.39 is 23.6 Å². The summed E-state index contributed by atoms with van der Waals surface area (Å²) >= 11 is 6.79. The minimum atomic E-state index is -0.552. The fourth-order valence-electron chi connectivity index (χ4n) is 2.74. The highest BCUT2D eigenvalue weighted by atomic mass is 35.5. The minimum Gasteiger partial charge on any atom is -0.495 e. The van der Waals surface area contributed by atoms with Crippen molar-refractivity contribution in [3.05, 3.63) is 58.0 Å². The molecule has 1 aliphatic heterocycles. The number of amides is 4. The van der Waals surface area contributed by atoms with Crippen LogP contribution in [0, 0.1) is 0 Å². The van der Waals surface area contributed by atoms with Crippen molar-refractivity contribution in [2.75, 3.05) is 24.3 Å². The van der Waals surface area contributed by atoms with Crippen LogP contribution in [0.5, 0.6) is 5.75 Å². The van der Waals surface area contributed by atoms with Crippen LogP contribution in [-0.2, 0) is 14.4 Å². The number of anilines is 2. The molecule has 4 amide bonds. The standard InChI is InChI=1S/C21H18ClN3O5S/c1-12(26)23-14-5-3-13(4-6-14)9-18-20(28)25(21(29)31-18)11-19(27)24-15-7-8-17(30-2)16(22)10-15/h3-10H,11H2,1-2H3,(H,23,26)(H,24,27)/b18-9-. The second-order valence-corrected chi connectivity index (χ2v) is 7.87. The van der Waals surface area contributed by atoms with Gasteiger partial charge in [-0.3, -0.25) is 24.1 Å². The molecule has 10 heteroatoms. The molecule has 0 unspecified atom stereocenters. The second-order valence-electron chi connectivity index (χ2n) is 6.47. The molecule has 2 N–H and O–H groups in total. The Labute approximate surface area is 187 Å². The second kappa shape index (κ2) is 9.67. The largest absolute Gasteiger partial charge is 0.495 e. The van der Waals surface area contributed by atoms with E-state index in [4.69, 9.17) is 16.3 Å². The van der Waals surface area contributed by atoms with Crippen LogP contribution in [0.15, 0.2) is 47.4 Å². The number of hydrogen-bond donors (Lipinski definition) is 2. The Morgan fingerprint density at radius 1 is 1.10 bits per heavy atom. The number of halogens is 1. The summed E-state index contributed by atoms with van der Waals surface area (Å²) in [6.45, 7) is 0.983. The van der Waals surface area contributed by atoms with E-state index in [2.05, 4.69) is 10.6 Å². The van der Waals surface area contributed by atoms with Crippen molar-refractivity contribution in [3.63, 3.8) is 0 Å². The maximum Gasteiger partial charge on any atom is 0.294 e. The molecule has 0 aromatic heterocycles. The highest BCUT2D eigenvalue weighted by Gasteiger charge is 2.36. The molecule has 8 nitrogen and oxygen atoms in total. The Morgan fingerprint density at radius 3 is 2.39 bits per heavy atom. The predicted octanol–water partition coefficient (Wildman–Crippen LogP) is 3.98. The molecule has 2 aromatic carbocycles. The van der Waals surface area contributed by atoms with Crippen LogP contribution >= 0.6 is 23.4 Å². The highest BCUT2D eigenvalue weighted by molar-refractivity contribution is 8.18. The maximum absolute atomic E-state index is 12.6. The molecule has 0 atom stereocenters. The third-order valence-corrected chi connectivity index (χ3v) is 5.34. The van der Waals surface area contributed by atoms with E-state index >= 15 is 0 Å². The van der Waals surface area contributed by atoms with Gasteiger partial charge in [0.1, 0.15) is 12.3 Å². The van der Waals surface area contributed by atoms with Gasteiger partial charge < -0.3 is 15.4 Å². The summed E-state index contributed by atoms with van der Waals surface area (Å²) in [7, 11) is 1.48. The first-order valence-electron chi connectivity index (χ1n) is 9.03. The van der Waals surface area contributed by atoms with Crippen LogP contribution in [-0.4, -0.2) is 41.5 Å². The van der Waals surface area contributed by atoms with Gasteiger partial charge in [0.05, 0.1) is 17.0 Å². The summed E-state index contributed by atoms with van der Waals surface area (Å²) in [5.74, 6) is -0.821. The molecule has 3 rings (SSSR count). The molecule has 2 aromatic rings. The summed E-state index contributed by atoms with van der Waals surface area (Å²) in [6, 6.07) is 11.5. The third-order valence-electron chi connectivity index (χ3n) is 4.14. The third kappa shape index (κ3) is 5.65. The van der Waals surface area contributed by atoms with Gasteiger partial charge in [0, 0.05) is 18.3 Å². The average Bonchev–Trinajstić information content (AvgIpc) is 2.96. The van der Waals surface area contributed by atoms with E-state index in [1.54, 1.807) is 42.5 Å². The summed E-state index contributed by atoms with van der Waals surface area (Å²) in [5, 5.41) is 5.03. The van der Waals surface area contributed by atoms with Crippen molar-refractivity contribution in [1.82, 2.24) is 4.90 Å². The SMILES string of the molecule is COc1ccc(NC(=O)CN2C(=O)S/C(=C\c3ccc(NC(C)=O)cc3)C2=O)cc1Cl. The lowest BCUT2D eigenvalue weighted by Gasteiger charge is -2.13. The van der Waals surface area contributed by atoms with E-state index in [1.807, 2.05) is 0 Å². The van der Waals surface area contributed by atoms with Gasteiger partial charge in [-0.1, -0.05) is 23.7 Å². The number of ether oxygens (including phenoxy) is 1. The first-order chi connectivity index (χ1) is 14.8. The Balaban J connectivity index is 1.65. The number of hydrogen-bond acceptors (Lipinski definition) is 6. The van der Waals surface area contributed by atoms with E-state index in [-0.39, 0.29) is 10.8 Å². The molecule has 0 bridgehead atoms. The number of nitrogens with zero attached hydrogens (tertiary/aromatic N) is 1. The molecule has 1 heterocycles. The number of benzene rings is 2. The highest BCUT2D eigenvalue weighted by Crippen LogP contribution is 2.32. The van der Waals surface area contributed by atoms with Crippen molar-refractivity contribution in [2.45, 2.75) is 6.92 Å². The molecular formula is C21H18ClN3O5S. The summed E-state index contributed by atoms with van der Waals surface area (Å²) < 4.78 is 5.06. The molecule has 0 aliphatic carbocycles. The zero-order valence-electron chi connectivity index (χ0n) is 16.6. The Hall–Kier alpha value is -3.30. The van der Waals surface area contributed by atoms with E-state index in [0.29, 0.717) is 27.7 Å². The quantitative estimate of drug-likeness (QED) is 0.633. The molecule has 31 heavy (non-hydrogen) atoms. The minimum absolute atomic E-state index is 0.191. The Morgan fingerprint density at radius 2 is 1.77 bits per heavy atom. The smallest absolute Gasteiger partial charge is 0.294 e. The topological polar surface area (TPSA) is 105 Å².